The van der Waals surface area contributed by atoms with Crippen molar-refractivity contribution in [3.63, 3.8) is 0 Å². The number of ether oxygens (including phenoxy) is 2. The van der Waals surface area contributed by atoms with Crippen molar-refractivity contribution < 1.29 is 9.47 Å². The van der Waals surface area contributed by atoms with E-state index in [-0.39, 0.29) is 5.56 Å². The van der Waals surface area contributed by atoms with Crippen LogP contribution in [-0.2, 0) is 19.5 Å². The standard InChI is InChI=1S/C19H23N3O3/c1-24-16-4-3-5-17(25-2)14(16)11-22-9-8-15-13(10-22)19(23)21-18(20-15)12-6-7-12/h3-5,12H,6-11H2,1-2H3,(H,20,21,23). The highest BCUT2D eigenvalue weighted by molar-refractivity contribution is 5.44. The maximum atomic E-state index is 12.5. The topological polar surface area (TPSA) is 67.5 Å². The van der Waals surface area contributed by atoms with Gasteiger partial charge in [0, 0.05) is 32.0 Å². The Bertz CT molecular complexity index is 820. The summed E-state index contributed by atoms with van der Waals surface area (Å²) in [5, 5.41) is 0. The molecule has 132 valence electrons. The average molecular weight is 341 g/mol. The van der Waals surface area contributed by atoms with Gasteiger partial charge in [0.2, 0.25) is 0 Å². The molecule has 0 bridgehead atoms. The predicted octanol–water partition coefficient (Wildman–Crippen LogP) is 2.22. The highest BCUT2D eigenvalue weighted by Crippen LogP contribution is 2.38. The number of rotatable bonds is 5. The van der Waals surface area contributed by atoms with Gasteiger partial charge >= 0.3 is 0 Å². The highest BCUT2D eigenvalue weighted by atomic mass is 16.5. The fraction of sp³-hybridized carbons (Fsp3) is 0.474. The van der Waals surface area contributed by atoms with E-state index in [1.165, 1.54) is 0 Å². The second kappa shape index (κ2) is 6.52. The van der Waals surface area contributed by atoms with Crippen LogP contribution in [0.2, 0.25) is 0 Å². The number of benzene rings is 1. The highest BCUT2D eigenvalue weighted by Gasteiger charge is 2.29. The molecule has 25 heavy (non-hydrogen) atoms. The molecule has 2 heterocycles. The summed E-state index contributed by atoms with van der Waals surface area (Å²) in [7, 11) is 3.33. The van der Waals surface area contributed by atoms with E-state index in [0.29, 0.717) is 19.0 Å². The zero-order valence-corrected chi connectivity index (χ0v) is 14.7. The summed E-state index contributed by atoms with van der Waals surface area (Å²) >= 11 is 0. The largest absolute Gasteiger partial charge is 0.496 e. The van der Waals surface area contributed by atoms with Gasteiger partial charge in [0.05, 0.1) is 31.0 Å². The first kappa shape index (κ1) is 16.1. The lowest BCUT2D eigenvalue weighted by atomic mass is 10.0. The monoisotopic (exact) mass is 341 g/mol. The minimum absolute atomic E-state index is 0.0172. The Morgan fingerprint density at radius 1 is 1.24 bits per heavy atom. The molecular weight excluding hydrogens is 318 g/mol. The minimum Gasteiger partial charge on any atom is -0.496 e. The van der Waals surface area contributed by atoms with Gasteiger partial charge in [0.25, 0.3) is 5.56 Å². The van der Waals surface area contributed by atoms with Gasteiger partial charge in [-0.15, -0.1) is 0 Å². The van der Waals surface area contributed by atoms with Crippen molar-refractivity contribution in [2.75, 3.05) is 20.8 Å². The number of methoxy groups -OCH3 is 2. The minimum atomic E-state index is 0.0172. The molecule has 0 amide bonds. The summed E-state index contributed by atoms with van der Waals surface area (Å²) in [6, 6.07) is 5.79. The number of nitrogens with zero attached hydrogens (tertiary/aromatic N) is 2. The Morgan fingerprint density at radius 2 is 1.96 bits per heavy atom. The van der Waals surface area contributed by atoms with Crippen LogP contribution in [0.4, 0.5) is 0 Å². The van der Waals surface area contributed by atoms with Gasteiger partial charge in [-0.3, -0.25) is 9.69 Å². The van der Waals surface area contributed by atoms with Crippen molar-refractivity contribution in [1.82, 2.24) is 14.9 Å². The average Bonchev–Trinajstić information content (AvgIpc) is 3.47. The Labute approximate surface area is 146 Å². The van der Waals surface area contributed by atoms with Gasteiger partial charge in [0.1, 0.15) is 17.3 Å². The van der Waals surface area contributed by atoms with Gasteiger partial charge in [-0.1, -0.05) is 6.07 Å². The quantitative estimate of drug-likeness (QED) is 0.903. The predicted molar refractivity (Wildman–Crippen MR) is 94.2 cm³/mol. The fourth-order valence-electron chi connectivity index (χ4n) is 3.49. The fourth-order valence-corrected chi connectivity index (χ4v) is 3.49. The molecule has 1 aromatic carbocycles. The van der Waals surface area contributed by atoms with Crippen molar-refractivity contribution in [2.24, 2.45) is 0 Å². The van der Waals surface area contributed by atoms with E-state index in [2.05, 4.69) is 9.88 Å². The lowest BCUT2D eigenvalue weighted by Crippen LogP contribution is -2.36. The molecule has 2 aliphatic rings. The number of nitrogens with one attached hydrogen (secondary N) is 1. The molecular formula is C19H23N3O3. The van der Waals surface area contributed by atoms with Gasteiger partial charge in [-0.05, 0) is 25.0 Å². The zero-order valence-electron chi connectivity index (χ0n) is 14.7. The molecule has 1 N–H and O–H groups in total. The molecule has 0 saturated heterocycles. The molecule has 1 saturated carbocycles. The summed E-state index contributed by atoms with van der Waals surface area (Å²) in [5.41, 5.74) is 2.79. The van der Waals surface area contributed by atoms with Gasteiger partial charge in [-0.25, -0.2) is 4.98 Å². The van der Waals surface area contributed by atoms with Crippen LogP contribution in [0.15, 0.2) is 23.0 Å². The van der Waals surface area contributed by atoms with Crippen LogP contribution in [0.5, 0.6) is 11.5 Å². The molecule has 2 aromatic rings. The van der Waals surface area contributed by atoms with E-state index in [0.717, 1.165) is 60.0 Å². The molecule has 4 rings (SSSR count). The second-order valence-electron chi connectivity index (χ2n) is 6.75. The summed E-state index contributed by atoms with van der Waals surface area (Å²) < 4.78 is 11.0. The summed E-state index contributed by atoms with van der Waals surface area (Å²) in [6.45, 7) is 2.15. The van der Waals surface area contributed by atoms with Crippen LogP contribution in [0.3, 0.4) is 0 Å². The maximum absolute atomic E-state index is 12.5. The third kappa shape index (κ3) is 3.14. The van der Waals surface area contributed by atoms with E-state index in [9.17, 15) is 4.79 Å². The normalized spacial score (nSPS) is 17.2. The first-order valence-corrected chi connectivity index (χ1v) is 8.73. The SMILES string of the molecule is COc1cccc(OC)c1CN1CCc2nc(C3CC3)[nH]c(=O)c2C1. The Balaban J connectivity index is 1.58. The lowest BCUT2D eigenvalue weighted by Gasteiger charge is -2.28. The summed E-state index contributed by atoms with van der Waals surface area (Å²) in [5.74, 6) is 2.96. The van der Waals surface area contributed by atoms with Crippen LogP contribution in [0, 0.1) is 0 Å². The van der Waals surface area contributed by atoms with Crippen LogP contribution in [0.1, 0.15) is 41.4 Å². The number of aromatic nitrogens is 2. The summed E-state index contributed by atoms with van der Waals surface area (Å²) in [6.07, 6.45) is 3.08. The lowest BCUT2D eigenvalue weighted by molar-refractivity contribution is 0.233. The Morgan fingerprint density at radius 3 is 2.60 bits per heavy atom. The number of H-pyrrole nitrogens is 1. The molecule has 0 atom stereocenters. The van der Waals surface area contributed by atoms with Crippen LogP contribution >= 0.6 is 0 Å². The smallest absolute Gasteiger partial charge is 0.255 e. The zero-order chi connectivity index (χ0) is 17.4. The molecule has 0 unspecified atom stereocenters. The first-order valence-electron chi connectivity index (χ1n) is 8.73. The second-order valence-corrected chi connectivity index (χ2v) is 6.75. The van der Waals surface area contributed by atoms with Crippen LogP contribution < -0.4 is 15.0 Å². The van der Waals surface area contributed by atoms with Crippen LogP contribution in [-0.4, -0.2) is 35.6 Å². The Kier molecular flexibility index (Phi) is 4.21. The van der Waals surface area contributed by atoms with E-state index in [4.69, 9.17) is 14.5 Å². The number of hydrogen-bond donors (Lipinski definition) is 1. The number of fused-ring (bicyclic) bond motifs is 1. The van der Waals surface area contributed by atoms with Gasteiger partial charge in [-0.2, -0.15) is 0 Å². The first-order chi connectivity index (χ1) is 12.2. The molecule has 6 heteroatoms. The van der Waals surface area contributed by atoms with Crippen molar-refractivity contribution in [3.8, 4) is 11.5 Å². The molecule has 6 nitrogen and oxygen atoms in total. The molecule has 1 aromatic heterocycles. The van der Waals surface area contributed by atoms with Gasteiger partial charge in [0.15, 0.2) is 0 Å². The molecule has 1 aliphatic carbocycles. The van der Waals surface area contributed by atoms with E-state index in [1.54, 1.807) is 14.2 Å². The van der Waals surface area contributed by atoms with Crippen molar-refractivity contribution in [2.45, 2.75) is 38.3 Å². The molecule has 0 spiro atoms. The van der Waals surface area contributed by atoms with Gasteiger partial charge < -0.3 is 14.5 Å². The maximum Gasteiger partial charge on any atom is 0.255 e. The third-order valence-electron chi connectivity index (χ3n) is 5.04. The Hall–Kier alpha value is -2.34. The van der Waals surface area contributed by atoms with Crippen molar-refractivity contribution in [3.05, 3.63) is 51.2 Å². The van der Waals surface area contributed by atoms with E-state index >= 15 is 0 Å². The molecule has 0 radical (unpaired) electrons. The molecule has 1 aliphatic heterocycles. The van der Waals surface area contributed by atoms with E-state index in [1.807, 2.05) is 18.2 Å². The van der Waals surface area contributed by atoms with E-state index < -0.39 is 0 Å². The third-order valence-corrected chi connectivity index (χ3v) is 5.04. The van der Waals surface area contributed by atoms with Crippen molar-refractivity contribution >= 4 is 0 Å². The molecule has 1 fully saturated rings. The van der Waals surface area contributed by atoms with Crippen molar-refractivity contribution in [1.29, 1.82) is 0 Å². The van der Waals surface area contributed by atoms with Crippen LogP contribution in [0.25, 0.3) is 0 Å². The number of hydrogen-bond acceptors (Lipinski definition) is 5. The summed E-state index contributed by atoms with van der Waals surface area (Å²) in [4.78, 5) is 22.4. The number of aromatic amines is 1.